The number of carbonyl (C=O) groups is 2. The molecule has 0 aliphatic carbocycles. The normalized spacial score (nSPS) is 10.8. The molecule has 0 aliphatic rings. The maximum absolute atomic E-state index is 13.5. The maximum atomic E-state index is 13.5. The van der Waals surface area contributed by atoms with Gasteiger partial charge < -0.3 is 10.4 Å². The van der Waals surface area contributed by atoms with Crippen LogP contribution in [0, 0.1) is 5.82 Å². The number of benzene rings is 1. The van der Waals surface area contributed by atoms with Crippen LogP contribution in [0.2, 0.25) is 5.02 Å². The molecule has 1 aromatic heterocycles. The zero-order valence-electron chi connectivity index (χ0n) is 10.5. The summed E-state index contributed by atoms with van der Waals surface area (Å²) >= 11 is 6.84. The van der Waals surface area contributed by atoms with Crippen LogP contribution in [0.5, 0.6) is 0 Å². The third-order valence-electron chi connectivity index (χ3n) is 2.42. The highest BCUT2D eigenvalue weighted by atomic mass is 35.5. The van der Waals surface area contributed by atoms with Crippen LogP contribution in [0.4, 0.5) is 10.1 Å². The van der Waals surface area contributed by atoms with E-state index in [2.05, 4.69) is 5.32 Å². The van der Waals surface area contributed by atoms with E-state index < -0.39 is 17.7 Å². The van der Waals surface area contributed by atoms with Gasteiger partial charge in [-0.3, -0.25) is 4.79 Å². The lowest BCUT2D eigenvalue weighted by Crippen LogP contribution is -2.11. The van der Waals surface area contributed by atoms with E-state index in [0.29, 0.717) is 14.8 Å². The molecule has 0 atom stereocenters. The second-order valence-corrected chi connectivity index (χ2v) is 5.50. The van der Waals surface area contributed by atoms with E-state index in [-0.39, 0.29) is 5.69 Å². The molecule has 0 unspecified atom stereocenters. The summed E-state index contributed by atoms with van der Waals surface area (Å²) in [6, 6.07) is 6.99. The molecule has 0 fully saturated rings. The first-order chi connectivity index (χ1) is 9.95. The monoisotopic (exact) mass is 325 g/mol. The Morgan fingerprint density at radius 3 is 2.76 bits per heavy atom. The molecule has 7 heteroatoms. The molecular weight excluding hydrogens is 317 g/mol. The first-order valence-corrected chi connectivity index (χ1v) is 6.92. The van der Waals surface area contributed by atoms with E-state index >= 15 is 0 Å². The quantitative estimate of drug-likeness (QED) is 0.838. The summed E-state index contributed by atoms with van der Waals surface area (Å²) in [7, 11) is 0. The van der Waals surface area contributed by atoms with E-state index in [0.717, 1.165) is 23.5 Å². The molecule has 0 spiro atoms. The van der Waals surface area contributed by atoms with E-state index in [4.69, 9.17) is 16.7 Å². The van der Waals surface area contributed by atoms with E-state index in [1.54, 1.807) is 6.07 Å². The van der Waals surface area contributed by atoms with Crippen LogP contribution in [0.25, 0.3) is 6.08 Å². The highest BCUT2D eigenvalue weighted by Gasteiger charge is 2.11. The van der Waals surface area contributed by atoms with Crippen molar-refractivity contribution < 1.29 is 19.1 Å². The molecule has 1 heterocycles. The molecule has 108 valence electrons. The molecule has 0 aliphatic heterocycles. The van der Waals surface area contributed by atoms with Crippen molar-refractivity contribution in [2.24, 2.45) is 0 Å². The maximum Gasteiger partial charge on any atom is 0.328 e. The van der Waals surface area contributed by atoms with Gasteiger partial charge in [-0.05, 0) is 36.4 Å². The standard InChI is InChI=1S/C14H9ClFNO3S/c15-8-1-4-10(16)11(7-8)17-14(20)12-5-2-9(21-12)3-6-13(18)19/h1-7H,(H,17,20)(H,18,19). The molecular formula is C14H9ClFNO3S. The van der Waals surface area contributed by atoms with Crippen LogP contribution in [-0.4, -0.2) is 17.0 Å². The molecule has 2 N–H and O–H groups in total. The number of halogens is 2. The summed E-state index contributed by atoms with van der Waals surface area (Å²) in [5.74, 6) is -2.15. The second-order valence-electron chi connectivity index (χ2n) is 3.95. The predicted molar refractivity (Wildman–Crippen MR) is 80.4 cm³/mol. The average molecular weight is 326 g/mol. The first kappa shape index (κ1) is 15.2. The Hall–Kier alpha value is -2.18. The summed E-state index contributed by atoms with van der Waals surface area (Å²) in [5.41, 5.74) is -0.0106. The lowest BCUT2D eigenvalue weighted by atomic mass is 10.3. The number of carboxylic acid groups (broad SMARTS) is 1. The molecule has 0 saturated carbocycles. The number of aliphatic carboxylic acids is 1. The predicted octanol–water partition coefficient (Wildman–Crippen LogP) is 3.89. The molecule has 2 aromatic rings. The van der Waals surface area contributed by atoms with E-state index in [1.807, 2.05) is 0 Å². The fraction of sp³-hybridized carbons (Fsp3) is 0. The second kappa shape index (κ2) is 6.51. The number of anilines is 1. The van der Waals surface area contributed by atoms with Crippen LogP contribution in [0.1, 0.15) is 14.5 Å². The van der Waals surface area contributed by atoms with E-state index in [9.17, 15) is 14.0 Å². The molecule has 21 heavy (non-hydrogen) atoms. The Kier molecular flexibility index (Phi) is 4.72. The third-order valence-corrected chi connectivity index (χ3v) is 3.70. The summed E-state index contributed by atoms with van der Waals surface area (Å²) in [4.78, 5) is 23.3. The zero-order valence-corrected chi connectivity index (χ0v) is 12.0. The van der Waals surface area contributed by atoms with Gasteiger partial charge in [0, 0.05) is 16.0 Å². The van der Waals surface area contributed by atoms with Crippen molar-refractivity contribution in [3.63, 3.8) is 0 Å². The molecule has 0 saturated heterocycles. The summed E-state index contributed by atoms with van der Waals surface area (Å²) in [6.07, 6.45) is 2.36. The van der Waals surface area contributed by atoms with Crippen molar-refractivity contribution in [3.05, 3.63) is 57.0 Å². The Balaban J connectivity index is 2.14. The molecule has 1 amide bonds. The molecule has 0 radical (unpaired) electrons. The van der Waals surface area contributed by atoms with Gasteiger partial charge in [-0.2, -0.15) is 0 Å². The number of amides is 1. The minimum absolute atomic E-state index is 0.0106. The van der Waals surface area contributed by atoms with Crippen LogP contribution >= 0.6 is 22.9 Å². The van der Waals surface area contributed by atoms with E-state index in [1.165, 1.54) is 24.3 Å². The number of hydrogen-bond donors (Lipinski definition) is 2. The number of carboxylic acids is 1. The van der Waals surface area contributed by atoms with Crippen molar-refractivity contribution in [1.29, 1.82) is 0 Å². The first-order valence-electron chi connectivity index (χ1n) is 5.73. The van der Waals surface area contributed by atoms with Crippen molar-refractivity contribution in [2.45, 2.75) is 0 Å². The van der Waals surface area contributed by atoms with Gasteiger partial charge in [0.1, 0.15) is 5.82 Å². The van der Waals surface area contributed by atoms with Crippen LogP contribution in [-0.2, 0) is 4.79 Å². The Morgan fingerprint density at radius 2 is 2.05 bits per heavy atom. The summed E-state index contributed by atoms with van der Waals surface area (Å²) in [5, 5.41) is 11.3. The Labute approximate surface area is 128 Å². The lowest BCUT2D eigenvalue weighted by molar-refractivity contribution is -0.131. The molecule has 2 rings (SSSR count). The number of thiophene rings is 1. The molecule has 1 aromatic carbocycles. The van der Waals surface area contributed by atoms with Crippen LogP contribution < -0.4 is 5.32 Å². The topological polar surface area (TPSA) is 66.4 Å². The van der Waals surface area contributed by atoms with Gasteiger partial charge in [0.05, 0.1) is 10.6 Å². The van der Waals surface area contributed by atoms with Crippen molar-refractivity contribution in [2.75, 3.05) is 5.32 Å². The van der Waals surface area contributed by atoms with Gasteiger partial charge in [0.25, 0.3) is 5.91 Å². The number of nitrogens with one attached hydrogen (secondary N) is 1. The number of carbonyl (C=O) groups excluding carboxylic acids is 1. The summed E-state index contributed by atoms with van der Waals surface area (Å²) in [6.45, 7) is 0. The number of rotatable bonds is 4. The van der Waals surface area contributed by atoms with Crippen LogP contribution in [0.15, 0.2) is 36.4 Å². The van der Waals surface area contributed by atoms with Gasteiger partial charge in [-0.25, -0.2) is 9.18 Å². The van der Waals surface area contributed by atoms with Gasteiger partial charge >= 0.3 is 5.97 Å². The smallest absolute Gasteiger partial charge is 0.328 e. The van der Waals surface area contributed by atoms with Gasteiger partial charge in [0.2, 0.25) is 0 Å². The molecule has 0 bridgehead atoms. The highest BCUT2D eigenvalue weighted by molar-refractivity contribution is 7.15. The minimum atomic E-state index is -1.07. The number of hydrogen-bond acceptors (Lipinski definition) is 3. The fourth-order valence-corrected chi connectivity index (χ4v) is 2.47. The SMILES string of the molecule is O=C(O)C=Cc1ccc(C(=O)Nc2cc(Cl)ccc2F)s1. The van der Waals surface area contributed by atoms with Crippen molar-refractivity contribution in [3.8, 4) is 0 Å². The highest BCUT2D eigenvalue weighted by Crippen LogP contribution is 2.23. The zero-order chi connectivity index (χ0) is 15.4. The third kappa shape index (κ3) is 4.14. The minimum Gasteiger partial charge on any atom is -0.478 e. The fourth-order valence-electron chi connectivity index (χ4n) is 1.50. The van der Waals surface area contributed by atoms with Crippen LogP contribution in [0.3, 0.4) is 0 Å². The summed E-state index contributed by atoms with van der Waals surface area (Å²) < 4.78 is 13.5. The lowest BCUT2D eigenvalue weighted by Gasteiger charge is -2.05. The van der Waals surface area contributed by atoms with Gasteiger partial charge in [-0.15, -0.1) is 11.3 Å². The Morgan fingerprint density at radius 1 is 1.29 bits per heavy atom. The van der Waals surface area contributed by atoms with Crippen molar-refractivity contribution in [1.82, 2.24) is 0 Å². The van der Waals surface area contributed by atoms with Gasteiger partial charge in [0.15, 0.2) is 0 Å². The Bertz CT molecular complexity index is 727. The van der Waals surface area contributed by atoms with Gasteiger partial charge in [-0.1, -0.05) is 11.6 Å². The molecule has 4 nitrogen and oxygen atoms in total. The average Bonchev–Trinajstić information content (AvgIpc) is 2.89. The largest absolute Gasteiger partial charge is 0.478 e. The van der Waals surface area contributed by atoms with Crippen molar-refractivity contribution >= 4 is 46.6 Å².